The number of para-hydroxylation sites is 1. The quantitative estimate of drug-likeness (QED) is 0.0512. The second-order valence-corrected chi connectivity index (χ2v) is 11.3. The van der Waals surface area contributed by atoms with Crippen LogP contribution in [0.25, 0.3) is 10.9 Å². The summed E-state index contributed by atoms with van der Waals surface area (Å²) in [5.41, 5.74) is 2.05. The number of non-ortho nitro benzene ring substituents is 1. The number of aromatic nitrogens is 1. The average molecular weight is 595 g/mol. The lowest BCUT2D eigenvalue weighted by Gasteiger charge is -2.19. The zero-order valence-electron chi connectivity index (χ0n) is 23.0. The lowest BCUT2D eigenvalue weighted by molar-refractivity contribution is -0.384. The second-order valence-electron chi connectivity index (χ2n) is 9.69. The van der Waals surface area contributed by atoms with Crippen LogP contribution in [0.15, 0.2) is 85.1 Å². The second kappa shape index (κ2) is 16.7. The van der Waals surface area contributed by atoms with Gasteiger partial charge in [-0.2, -0.15) is 0 Å². The first-order valence-corrected chi connectivity index (χ1v) is 15.6. The van der Waals surface area contributed by atoms with Crippen molar-refractivity contribution in [1.82, 2.24) is 10.1 Å². The number of pyridine rings is 1. The number of nitrogens with zero attached hydrogens (tertiary/aromatic N) is 2. The maximum atomic E-state index is 10.9. The lowest BCUT2D eigenvalue weighted by atomic mass is 10.1. The molecule has 0 saturated carbocycles. The number of halogens is 1. The molecule has 1 aromatic heterocycles. The molecule has 10 heteroatoms. The molecule has 0 aliphatic rings. The van der Waals surface area contributed by atoms with E-state index in [1.54, 1.807) is 12.1 Å². The first kappa shape index (κ1) is 30.5. The van der Waals surface area contributed by atoms with Crippen molar-refractivity contribution in [2.75, 3.05) is 18.4 Å². The van der Waals surface area contributed by atoms with Gasteiger partial charge in [-0.05, 0) is 61.4 Å². The van der Waals surface area contributed by atoms with Gasteiger partial charge >= 0.3 is 8.53 Å². The minimum absolute atomic E-state index is 0.0278. The zero-order chi connectivity index (χ0) is 28.7. The normalized spacial score (nSPS) is 11.7. The van der Waals surface area contributed by atoms with Crippen molar-refractivity contribution < 1.29 is 14.0 Å². The fraction of sp³-hybridized carbons (Fsp3) is 0.323. The molecule has 1 heterocycles. The summed E-state index contributed by atoms with van der Waals surface area (Å²) in [7, 11) is -1.44. The van der Waals surface area contributed by atoms with Gasteiger partial charge in [0.1, 0.15) is 11.5 Å². The van der Waals surface area contributed by atoms with E-state index in [0.29, 0.717) is 16.5 Å². The fourth-order valence-corrected chi connectivity index (χ4v) is 5.66. The average Bonchev–Trinajstić information content (AvgIpc) is 2.98. The van der Waals surface area contributed by atoms with Crippen molar-refractivity contribution >= 4 is 42.4 Å². The van der Waals surface area contributed by atoms with Gasteiger partial charge in [-0.25, -0.2) is 5.09 Å². The molecular formula is C31H36ClN4O4P. The molecule has 0 spiro atoms. The third-order valence-corrected chi connectivity index (χ3v) is 8.00. The number of anilines is 1. The van der Waals surface area contributed by atoms with Crippen molar-refractivity contribution in [3.05, 3.63) is 100 Å². The van der Waals surface area contributed by atoms with E-state index in [4.69, 9.17) is 20.6 Å². The van der Waals surface area contributed by atoms with Crippen LogP contribution >= 0.6 is 20.1 Å². The molecule has 0 saturated heterocycles. The van der Waals surface area contributed by atoms with E-state index in [1.807, 2.05) is 60.8 Å². The first-order chi connectivity index (χ1) is 20.1. The van der Waals surface area contributed by atoms with Crippen LogP contribution in [0.3, 0.4) is 0 Å². The van der Waals surface area contributed by atoms with Gasteiger partial charge in [-0.1, -0.05) is 68.3 Å². The molecule has 8 nitrogen and oxygen atoms in total. The van der Waals surface area contributed by atoms with Crippen molar-refractivity contribution in [3.8, 4) is 11.5 Å². The summed E-state index contributed by atoms with van der Waals surface area (Å²) in [6.45, 7) is 1.72. The Morgan fingerprint density at radius 2 is 1.41 bits per heavy atom. The third kappa shape index (κ3) is 10.5. The summed E-state index contributed by atoms with van der Waals surface area (Å²) < 4.78 is 12.0. The predicted octanol–water partition coefficient (Wildman–Crippen LogP) is 9.30. The Kier molecular flexibility index (Phi) is 12.4. The van der Waals surface area contributed by atoms with Crippen LogP contribution in [0.1, 0.15) is 51.4 Å². The topological polar surface area (TPSA) is 98.6 Å². The summed E-state index contributed by atoms with van der Waals surface area (Å²) in [4.78, 5) is 14.9. The largest absolute Gasteiger partial charge is 0.427 e. The number of unbranched alkanes of at least 4 members (excludes halogenated alkanes) is 7. The zero-order valence-corrected chi connectivity index (χ0v) is 24.7. The molecule has 0 aliphatic heterocycles. The van der Waals surface area contributed by atoms with Crippen LogP contribution in [0.2, 0.25) is 5.02 Å². The summed E-state index contributed by atoms with van der Waals surface area (Å²) in [6.07, 6.45) is 11.3. The van der Waals surface area contributed by atoms with Gasteiger partial charge in [0.15, 0.2) is 0 Å². The molecular weight excluding hydrogens is 559 g/mol. The van der Waals surface area contributed by atoms with Crippen LogP contribution in [0.4, 0.5) is 11.4 Å². The van der Waals surface area contributed by atoms with Crippen LogP contribution < -0.4 is 19.5 Å². The molecule has 0 bridgehead atoms. The molecule has 0 fully saturated rings. The number of hydrogen-bond acceptors (Lipinski definition) is 7. The molecule has 4 rings (SSSR count). The van der Waals surface area contributed by atoms with Crippen molar-refractivity contribution in [2.24, 2.45) is 0 Å². The van der Waals surface area contributed by atoms with Gasteiger partial charge in [0.2, 0.25) is 0 Å². The summed E-state index contributed by atoms with van der Waals surface area (Å²) in [5.74, 6) is 1.24. The smallest absolute Gasteiger partial charge is 0.381 e. The highest BCUT2D eigenvalue weighted by atomic mass is 35.5. The Labute approximate surface area is 247 Å². The standard InChI is InChI=1S/C31H36ClN4O4P/c32-25-14-19-29-30(20-23-34-31(29)24-25)33-21-10-5-3-1-2-4-6-11-22-35-41(39-27-12-8-7-9-13-27)40-28-17-15-26(16-18-28)36(37)38/h7-9,12-20,23-24,35H,1-6,10-11,21-22H2,(H,33,34). The molecule has 4 aromatic rings. The molecule has 216 valence electrons. The van der Waals surface area contributed by atoms with Gasteiger partial charge in [0.05, 0.1) is 10.4 Å². The minimum atomic E-state index is -1.44. The van der Waals surface area contributed by atoms with E-state index in [2.05, 4.69) is 15.4 Å². The Bertz CT molecular complexity index is 1360. The molecule has 41 heavy (non-hydrogen) atoms. The molecule has 0 amide bonds. The molecule has 1 atom stereocenters. The van der Waals surface area contributed by atoms with Gasteiger partial charge in [0.25, 0.3) is 5.69 Å². The Morgan fingerprint density at radius 1 is 0.780 bits per heavy atom. The highest BCUT2D eigenvalue weighted by molar-refractivity contribution is 7.45. The highest BCUT2D eigenvalue weighted by Crippen LogP contribution is 2.37. The van der Waals surface area contributed by atoms with Crippen LogP contribution in [-0.2, 0) is 0 Å². The number of nitro groups is 1. The first-order valence-electron chi connectivity index (χ1n) is 14.1. The number of nitro benzene ring substituents is 1. The molecule has 1 unspecified atom stereocenters. The number of nitrogens with one attached hydrogen (secondary N) is 2. The Hall–Kier alpha value is -3.45. The Morgan fingerprint density at radius 3 is 2.10 bits per heavy atom. The van der Waals surface area contributed by atoms with Gasteiger partial charge < -0.3 is 14.4 Å². The summed E-state index contributed by atoms with van der Waals surface area (Å²) in [6, 6.07) is 23.4. The highest BCUT2D eigenvalue weighted by Gasteiger charge is 2.15. The fourth-order valence-electron chi connectivity index (χ4n) is 4.36. The minimum Gasteiger partial charge on any atom is -0.427 e. The molecule has 0 radical (unpaired) electrons. The van der Waals surface area contributed by atoms with E-state index in [1.165, 1.54) is 44.2 Å². The SMILES string of the molecule is O=[N+]([O-])c1ccc(OP(NCCCCCCCCCCNc2ccnc3cc(Cl)ccc23)Oc2ccccc2)cc1. The van der Waals surface area contributed by atoms with Gasteiger partial charge in [-0.15, -0.1) is 0 Å². The van der Waals surface area contributed by atoms with Crippen LogP contribution in [0.5, 0.6) is 11.5 Å². The lowest BCUT2D eigenvalue weighted by Crippen LogP contribution is -2.15. The number of hydrogen-bond donors (Lipinski definition) is 2. The van der Waals surface area contributed by atoms with Crippen LogP contribution in [-0.4, -0.2) is 23.0 Å². The summed E-state index contributed by atoms with van der Waals surface area (Å²) >= 11 is 6.08. The van der Waals surface area contributed by atoms with E-state index >= 15 is 0 Å². The monoisotopic (exact) mass is 594 g/mol. The molecule has 2 N–H and O–H groups in total. The number of benzene rings is 3. The van der Waals surface area contributed by atoms with Crippen molar-refractivity contribution in [3.63, 3.8) is 0 Å². The summed E-state index contributed by atoms with van der Waals surface area (Å²) in [5, 5.41) is 19.6. The third-order valence-electron chi connectivity index (χ3n) is 6.53. The number of fused-ring (bicyclic) bond motifs is 1. The molecule has 0 aliphatic carbocycles. The van der Waals surface area contributed by atoms with E-state index in [0.717, 1.165) is 48.9 Å². The van der Waals surface area contributed by atoms with E-state index in [-0.39, 0.29) is 5.69 Å². The molecule has 3 aromatic carbocycles. The van der Waals surface area contributed by atoms with Gasteiger partial charge in [0, 0.05) is 47.5 Å². The number of rotatable bonds is 18. The predicted molar refractivity (Wildman–Crippen MR) is 168 cm³/mol. The maximum absolute atomic E-state index is 10.9. The van der Waals surface area contributed by atoms with Gasteiger partial charge in [-0.3, -0.25) is 15.1 Å². The van der Waals surface area contributed by atoms with Crippen molar-refractivity contribution in [2.45, 2.75) is 51.4 Å². The van der Waals surface area contributed by atoms with E-state index < -0.39 is 13.4 Å². The van der Waals surface area contributed by atoms with E-state index in [9.17, 15) is 10.1 Å². The van der Waals surface area contributed by atoms with Crippen molar-refractivity contribution in [1.29, 1.82) is 0 Å². The van der Waals surface area contributed by atoms with Crippen LogP contribution in [0, 0.1) is 10.1 Å². The maximum Gasteiger partial charge on any atom is 0.381 e. The Balaban J connectivity index is 1.07.